The van der Waals surface area contributed by atoms with Crippen LogP contribution in [0.5, 0.6) is 0 Å². The number of aliphatic hydroxyl groups is 1. The van der Waals surface area contributed by atoms with Gasteiger partial charge in [-0.1, -0.05) is 5.16 Å². The van der Waals surface area contributed by atoms with Crippen LogP contribution in [0.3, 0.4) is 0 Å². The van der Waals surface area contributed by atoms with Crippen LogP contribution < -0.4 is 0 Å². The van der Waals surface area contributed by atoms with Crippen molar-refractivity contribution < 1.29 is 9.63 Å². The normalized spacial score (nSPS) is 10.6. The largest absolute Gasteiger partial charge is 0.396 e. The van der Waals surface area contributed by atoms with Crippen molar-refractivity contribution in [2.45, 2.75) is 19.8 Å². The topological polar surface area (TPSA) is 84.9 Å². The van der Waals surface area contributed by atoms with Gasteiger partial charge in [-0.05, 0) is 19.4 Å². The Bertz CT molecular complexity index is 469. The molecule has 2 aromatic rings. The fraction of sp³-hybridized carbons (Fsp3) is 0.400. The number of aromatic nitrogens is 4. The second-order valence-corrected chi connectivity index (χ2v) is 3.33. The summed E-state index contributed by atoms with van der Waals surface area (Å²) in [5.41, 5.74) is 0.645. The molecule has 2 rings (SSSR count). The molecule has 6 heteroatoms. The van der Waals surface area contributed by atoms with E-state index in [1.54, 1.807) is 19.2 Å². The molecule has 0 aliphatic heterocycles. The lowest BCUT2D eigenvalue weighted by atomic mass is 10.3. The molecule has 0 unspecified atom stereocenters. The lowest BCUT2D eigenvalue weighted by Crippen LogP contribution is -1.92. The third kappa shape index (κ3) is 2.40. The summed E-state index contributed by atoms with van der Waals surface area (Å²) in [6.07, 6.45) is 2.85. The third-order valence-corrected chi connectivity index (χ3v) is 2.02. The van der Waals surface area contributed by atoms with Gasteiger partial charge in [0.25, 0.3) is 0 Å². The molecule has 0 saturated carbocycles. The molecule has 0 amide bonds. The Labute approximate surface area is 92.4 Å². The number of rotatable bonds is 4. The molecule has 0 bridgehead atoms. The van der Waals surface area contributed by atoms with Crippen molar-refractivity contribution in [3.05, 3.63) is 24.0 Å². The van der Waals surface area contributed by atoms with Gasteiger partial charge in [0.2, 0.25) is 11.7 Å². The zero-order chi connectivity index (χ0) is 11.4. The van der Waals surface area contributed by atoms with Crippen molar-refractivity contribution in [3.8, 4) is 11.5 Å². The van der Waals surface area contributed by atoms with Gasteiger partial charge in [-0.2, -0.15) is 4.98 Å². The van der Waals surface area contributed by atoms with Crippen LogP contribution in [0.2, 0.25) is 0 Å². The first-order valence-electron chi connectivity index (χ1n) is 5.03. The fourth-order valence-corrected chi connectivity index (χ4v) is 1.27. The number of aryl methyl sites for hydroxylation is 2. The molecule has 2 heterocycles. The predicted octanol–water partition coefficient (Wildman–Crippen LogP) is 0.760. The summed E-state index contributed by atoms with van der Waals surface area (Å²) in [4.78, 5) is 12.4. The Morgan fingerprint density at radius 3 is 3.00 bits per heavy atom. The Balaban J connectivity index is 2.18. The highest BCUT2D eigenvalue weighted by atomic mass is 16.5. The molecule has 0 aromatic carbocycles. The van der Waals surface area contributed by atoms with Crippen LogP contribution >= 0.6 is 0 Å². The molecule has 1 N–H and O–H groups in total. The smallest absolute Gasteiger partial charge is 0.227 e. The van der Waals surface area contributed by atoms with Gasteiger partial charge < -0.3 is 9.63 Å². The SMILES string of the molecule is Cc1nccc(-c2noc(CCCO)n2)n1. The molecule has 0 atom stereocenters. The molecule has 0 fully saturated rings. The minimum Gasteiger partial charge on any atom is -0.396 e. The van der Waals surface area contributed by atoms with Gasteiger partial charge in [0.05, 0.1) is 0 Å². The van der Waals surface area contributed by atoms with E-state index in [-0.39, 0.29) is 6.61 Å². The highest BCUT2D eigenvalue weighted by Crippen LogP contribution is 2.12. The molecule has 0 saturated heterocycles. The molecular formula is C10H12N4O2. The molecule has 84 valence electrons. The van der Waals surface area contributed by atoms with E-state index in [1.807, 2.05) is 0 Å². The fourth-order valence-electron chi connectivity index (χ4n) is 1.27. The minimum absolute atomic E-state index is 0.115. The number of aliphatic hydroxyl groups excluding tert-OH is 1. The van der Waals surface area contributed by atoms with Crippen LogP contribution in [-0.2, 0) is 6.42 Å². The molecular weight excluding hydrogens is 208 g/mol. The van der Waals surface area contributed by atoms with E-state index in [0.29, 0.717) is 36.1 Å². The second kappa shape index (κ2) is 4.80. The van der Waals surface area contributed by atoms with Crippen LogP contribution in [0.15, 0.2) is 16.8 Å². The van der Waals surface area contributed by atoms with E-state index in [1.165, 1.54) is 0 Å². The lowest BCUT2D eigenvalue weighted by Gasteiger charge is -1.93. The number of hydrogen-bond acceptors (Lipinski definition) is 6. The van der Waals surface area contributed by atoms with Crippen molar-refractivity contribution >= 4 is 0 Å². The highest BCUT2D eigenvalue weighted by Gasteiger charge is 2.09. The van der Waals surface area contributed by atoms with Gasteiger partial charge in [-0.3, -0.25) is 0 Å². The molecule has 0 aliphatic rings. The third-order valence-electron chi connectivity index (χ3n) is 2.02. The van der Waals surface area contributed by atoms with Gasteiger partial charge in [-0.15, -0.1) is 0 Å². The van der Waals surface area contributed by atoms with E-state index < -0.39 is 0 Å². The first-order chi connectivity index (χ1) is 7.79. The summed E-state index contributed by atoms with van der Waals surface area (Å²) in [5, 5.41) is 12.5. The highest BCUT2D eigenvalue weighted by molar-refractivity contribution is 5.46. The van der Waals surface area contributed by atoms with Crippen LogP contribution in [0, 0.1) is 6.92 Å². The van der Waals surface area contributed by atoms with Gasteiger partial charge in [0, 0.05) is 19.2 Å². The van der Waals surface area contributed by atoms with Crippen LogP contribution in [0.4, 0.5) is 0 Å². The Morgan fingerprint density at radius 2 is 2.25 bits per heavy atom. The van der Waals surface area contributed by atoms with Gasteiger partial charge in [0.15, 0.2) is 0 Å². The van der Waals surface area contributed by atoms with E-state index in [4.69, 9.17) is 9.63 Å². The monoisotopic (exact) mass is 220 g/mol. The van der Waals surface area contributed by atoms with Gasteiger partial charge in [0.1, 0.15) is 11.5 Å². The average Bonchev–Trinajstić information content (AvgIpc) is 2.75. The lowest BCUT2D eigenvalue weighted by molar-refractivity contribution is 0.278. The Morgan fingerprint density at radius 1 is 1.38 bits per heavy atom. The maximum atomic E-state index is 8.68. The quantitative estimate of drug-likeness (QED) is 0.818. The zero-order valence-corrected chi connectivity index (χ0v) is 8.92. The van der Waals surface area contributed by atoms with Crippen molar-refractivity contribution in [3.63, 3.8) is 0 Å². The van der Waals surface area contributed by atoms with E-state index >= 15 is 0 Å². The molecule has 6 nitrogen and oxygen atoms in total. The van der Waals surface area contributed by atoms with Crippen molar-refractivity contribution in [1.29, 1.82) is 0 Å². The average molecular weight is 220 g/mol. The summed E-state index contributed by atoms with van der Waals surface area (Å²) in [6.45, 7) is 1.92. The van der Waals surface area contributed by atoms with Crippen LogP contribution in [-0.4, -0.2) is 31.8 Å². The molecule has 2 aromatic heterocycles. The van der Waals surface area contributed by atoms with E-state index in [2.05, 4.69) is 20.1 Å². The second-order valence-electron chi connectivity index (χ2n) is 3.33. The van der Waals surface area contributed by atoms with Crippen molar-refractivity contribution in [2.75, 3.05) is 6.61 Å². The Kier molecular flexibility index (Phi) is 3.21. The van der Waals surface area contributed by atoms with Crippen LogP contribution in [0.25, 0.3) is 11.5 Å². The predicted molar refractivity (Wildman–Crippen MR) is 55.5 cm³/mol. The van der Waals surface area contributed by atoms with Gasteiger partial charge >= 0.3 is 0 Å². The molecule has 16 heavy (non-hydrogen) atoms. The maximum Gasteiger partial charge on any atom is 0.227 e. The van der Waals surface area contributed by atoms with Gasteiger partial charge in [-0.25, -0.2) is 9.97 Å². The summed E-state index contributed by atoms with van der Waals surface area (Å²) in [6, 6.07) is 1.73. The maximum absolute atomic E-state index is 8.68. The van der Waals surface area contributed by atoms with Crippen LogP contribution in [0.1, 0.15) is 18.1 Å². The number of hydrogen-bond donors (Lipinski definition) is 1. The van der Waals surface area contributed by atoms with Crippen molar-refractivity contribution in [1.82, 2.24) is 20.1 Å². The standard InChI is InChI=1S/C10H12N4O2/c1-7-11-5-4-8(12-7)10-13-9(16-14-10)3-2-6-15/h4-5,15H,2-3,6H2,1H3. The summed E-state index contributed by atoms with van der Waals surface area (Å²) < 4.78 is 5.03. The minimum atomic E-state index is 0.115. The zero-order valence-electron chi connectivity index (χ0n) is 8.92. The van der Waals surface area contributed by atoms with E-state index in [9.17, 15) is 0 Å². The van der Waals surface area contributed by atoms with E-state index in [0.717, 1.165) is 0 Å². The Hall–Kier alpha value is -1.82. The summed E-state index contributed by atoms with van der Waals surface area (Å²) in [5.74, 6) is 1.64. The molecule has 0 aliphatic carbocycles. The first kappa shape index (κ1) is 10.7. The first-order valence-corrected chi connectivity index (χ1v) is 5.03. The summed E-state index contributed by atoms with van der Waals surface area (Å²) >= 11 is 0. The molecule has 0 radical (unpaired) electrons. The molecule has 0 spiro atoms. The van der Waals surface area contributed by atoms with Crippen molar-refractivity contribution in [2.24, 2.45) is 0 Å². The number of nitrogens with zero attached hydrogens (tertiary/aromatic N) is 4. The summed E-state index contributed by atoms with van der Waals surface area (Å²) in [7, 11) is 0.